The van der Waals surface area contributed by atoms with Crippen molar-refractivity contribution in [2.75, 3.05) is 13.2 Å². The predicted molar refractivity (Wildman–Crippen MR) is 92.0 cm³/mol. The molecule has 0 radical (unpaired) electrons. The fourth-order valence-electron chi connectivity index (χ4n) is 2.89. The van der Waals surface area contributed by atoms with Crippen LogP contribution >= 0.6 is 0 Å². The topological polar surface area (TPSA) is 44.8 Å². The molecule has 126 valence electrons. The Morgan fingerprint density at radius 1 is 1.08 bits per heavy atom. The minimum Gasteiger partial charge on any atom is -0.486 e. The molecule has 0 aromatic heterocycles. The maximum absolute atomic E-state index is 12.2. The van der Waals surface area contributed by atoms with Gasteiger partial charge in [-0.15, -0.1) is 0 Å². The van der Waals surface area contributed by atoms with Crippen molar-refractivity contribution in [2.45, 2.75) is 33.1 Å². The Labute approximate surface area is 142 Å². The predicted octanol–water partition coefficient (Wildman–Crippen LogP) is 4.04. The van der Waals surface area contributed by atoms with Crippen LogP contribution in [0.3, 0.4) is 0 Å². The van der Waals surface area contributed by atoms with Crippen LogP contribution in [0.15, 0.2) is 36.4 Å². The standard InChI is InChI=1S/C20H22O4/c1-13(2)17-6-5-16(10-14(17)3)24-20(21)12-15-4-7-18-19(11-15)23-9-8-22-18/h4-7,10-11,13H,8-9,12H2,1-3H3. The van der Waals surface area contributed by atoms with E-state index in [4.69, 9.17) is 14.2 Å². The van der Waals surface area contributed by atoms with Gasteiger partial charge in [0.1, 0.15) is 19.0 Å². The highest BCUT2D eigenvalue weighted by Crippen LogP contribution is 2.31. The molecule has 1 heterocycles. The second-order valence-electron chi connectivity index (χ2n) is 6.30. The quantitative estimate of drug-likeness (QED) is 0.628. The van der Waals surface area contributed by atoms with Gasteiger partial charge in [-0.2, -0.15) is 0 Å². The summed E-state index contributed by atoms with van der Waals surface area (Å²) in [7, 11) is 0. The summed E-state index contributed by atoms with van der Waals surface area (Å²) in [4.78, 5) is 12.2. The van der Waals surface area contributed by atoms with E-state index < -0.39 is 0 Å². The lowest BCUT2D eigenvalue weighted by atomic mass is 9.98. The van der Waals surface area contributed by atoms with Crippen molar-refractivity contribution >= 4 is 5.97 Å². The van der Waals surface area contributed by atoms with E-state index in [-0.39, 0.29) is 12.4 Å². The van der Waals surface area contributed by atoms with Crippen LogP contribution in [-0.2, 0) is 11.2 Å². The van der Waals surface area contributed by atoms with Gasteiger partial charge in [-0.3, -0.25) is 4.79 Å². The molecule has 0 saturated heterocycles. The highest BCUT2D eigenvalue weighted by Gasteiger charge is 2.14. The molecule has 0 amide bonds. The molecule has 1 aliphatic heterocycles. The monoisotopic (exact) mass is 326 g/mol. The molecule has 0 spiro atoms. The van der Waals surface area contributed by atoms with E-state index in [0.29, 0.717) is 30.6 Å². The molecule has 0 unspecified atom stereocenters. The van der Waals surface area contributed by atoms with Gasteiger partial charge in [0.15, 0.2) is 11.5 Å². The minimum atomic E-state index is -0.289. The van der Waals surface area contributed by atoms with E-state index >= 15 is 0 Å². The Hall–Kier alpha value is -2.49. The summed E-state index contributed by atoms with van der Waals surface area (Å²) in [5, 5.41) is 0. The van der Waals surface area contributed by atoms with Gasteiger partial charge in [-0.1, -0.05) is 26.0 Å². The van der Waals surface area contributed by atoms with Gasteiger partial charge in [0, 0.05) is 0 Å². The van der Waals surface area contributed by atoms with Crippen molar-refractivity contribution < 1.29 is 19.0 Å². The molecule has 4 nitrogen and oxygen atoms in total. The van der Waals surface area contributed by atoms with Gasteiger partial charge >= 0.3 is 5.97 Å². The molecule has 1 aliphatic rings. The zero-order valence-corrected chi connectivity index (χ0v) is 14.3. The molecule has 4 heteroatoms. The normalized spacial score (nSPS) is 13.0. The zero-order valence-electron chi connectivity index (χ0n) is 14.3. The van der Waals surface area contributed by atoms with Crippen molar-refractivity contribution in [3.8, 4) is 17.2 Å². The van der Waals surface area contributed by atoms with Gasteiger partial charge in [-0.05, 0) is 53.8 Å². The summed E-state index contributed by atoms with van der Waals surface area (Å²) in [5.41, 5.74) is 3.25. The first-order chi connectivity index (χ1) is 11.5. The first kappa shape index (κ1) is 16.4. The van der Waals surface area contributed by atoms with E-state index in [9.17, 15) is 4.79 Å². The van der Waals surface area contributed by atoms with Gasteiger partial charge in [0.2, 0.25) is 0 Å². The number of ether oxygens (including phenoxy) is 3. The average molecular weight is 326 g/mol. The van der Waals surface area contributed by atoms with Gasteiger partial charge < -0.3 is 14.2 Å². The van der Waals surface area contributed by atoms with Crippen LogP contribution in [0.5, 0.6) is 17.2 Å². The Morgan fingerprint density at radius 2 is 1.83 bits per heavy atom. The molecular weight excluding hydrogens is 304 g/mol. The average Bonchev–Trinajstić information content (AvgIpc) is 2.54. The van der Waals surface area contributed by atoms with Crippen LogP contribution < -0.4 is 14.2 Å². The van der Waals surface area contributed by atoms with Crippen LogP contribution in [0.25, 0.3) is 0 Å². The molecule has 0 fully saturated rings. The van der Waals surface area contributed by atoms with E-state index in [1.807, 2.05) is 43.3 Å². The summed E-state index contributed by atoms with van der Waals surface area (Å²) in [6.07, 6.45) is 0.196. The van der Waals surface area contributed by atoms with Crippen molar-refractivity contribution in [3.63, 3.8) is 0 Å². The number of rotatable bonds is 4. The summed E-state index contributed by atoms with van der Waals surface area (Å²) in [6, 6.07) is 11.3. The Morgan fingerprint density at radius 3 is 2.54 bits per heavy atom. The fourth-order valence-corrected chi connectivity index (χ4v) is 2.89. The molecule has 3 rings (SSSR count). The van der Waals surface area contributed by atoms with E-state index in [1.54, 1.807) is 0 Å². The van der Waals surface area contributed by atoms with Crippen molar-refractivity contribution in [1.82, 2.24) is 0 Å². The van der Waals surface area contributed by atoms with Crippen molar-refractivity contribution in [2.24, 2.45) is 0 Å². The van der Waals surface area contributed by atoms with E-state index in [2.05, 4.69) is 13.8 Å². The summed E-state index contributed by atoms with van der Waals surface area (Å²) >= 11 is 0. The van der Waals surface area contributed by atoms with Crippen LogP contribution in [-0.4, -0.2) is 19.2 Å². The van der Waals surface area contributed by atoms with E-state index in [1.165, 1.54) is 5.56 Å². The summed E-state index contributed by atoms with van der Waals surface area (Å²) in [6.45, 7) is 7.42. The first-order valence-electron chi connectivity index (χ1n) is 8.22. The third kappa shape index (κ3) is 3.70. The smallest absolute Gasteiger partial charge is 0.315 e. The third-order valence-electron chi connectivity index (χ3n) is 4.05. The minimum absolute atomic E-state index is 0.196. The lowest BCUT2D eigenvalue weighted by Gasteiger charge is -2.18. The Bertz CT molecular complexity index is 749. The van der Waals surface area contributed by atoms with Crippen molar-refractivity contribution in [3.05, 3.63) is 53.1 Å². The molecule has 2 aromatic rings. The van der Waals surface area contributed by atoms with Crippen LogP contribution in [0.1, 0.15) is 36.5 Å². The molecular formula is C20H22O4. The number of fused-ring (bicyclic) bond motifs is 1. The molecule has 0 saturated carbocycles. The second kappa shape index (κ2) is 6.95. The number of esters is 1. The first-order valence-corrected chi connectivity index (χ1v) is 8.22. The Kier molecular flexibility index (Phi) is 4.74. The highest BCUT2D eigenvalue weighted by molar-refractivity contribution is 5.75. The van der Waals surface area contributed by atoms with Crippen LogP contribution in [0.2, 0.25) is 0 Å². The maximum Gasteiger partial charge on any atom is 0.315 e. The van der Waals surface area contributed by atoms with Gasteiger partial charge in [-0.25, -0.2) is 0 Å². The second-order valence-corrected chi connectivity index (χ2v) is 6.30. The number of hydrogen-bond donors (Lipinski definition) is 0. The van der Waals surface area contributed by atoms with E-state index in [0.717, 1.165) is 16.9 Å². The molecule has 0 N–H and O–H groups in total. The fraction of sp³-hybridized carbons (Fsp3) is 0.350. The highest BCUT2D eigenvalue weighted by atomic mass is 16.6. The SMILES string of the molecule is Cc1cc(OC(=O)Cc2ccc3c(c2)OCCO3)ccc1C(C)C. The Balaban J connectivity index is 1.66. The molecule has 0 atom stereocenters. The largest absolute Gasteiger partial charge is 0.486 e. The molecule has 24 heavy (non-hydrogen) atoms. The van der Waals surface area contributed by atoms with Gasteiger partial charge in [0.05, 0.1) is 6.42 Å². The lowest BCUT2D eigenvalue weighted by molar-refractivity contribution is -0.133. The summed E-state index contributed by atoms with van der Waals surface area (Å²) < 4.78 is 16.5. The van der Waals surface area contributed by atoms with Gasteiger partial charge in [0.25, 0.3) is 0 Å². The lowest BCUT2D eigenvalue weighted by Crippen LogP contribution is -2.16. The summed E-state index contributed by atoms with van der Waals surface area (Å²) in [5.74, 6) is 2.15. The number of aryl methyl sites for hydroxylation is 1. The number of carbonyl (C=O) groups excluding carboxylic acids is 1. The zero-order chi connectivity index (χ0) is 17.1. The number of carbonyl (C=O) groups is 1. The third-order valence-corrected chi connectivity index (χ3v) is 4.05. The number of hydrogen-bond acceptors (Lipinski definition) is 4. The molecule has 0 aliphatic carbocycles. The molecule has 0 bridgehead atoms. The maximum atomic E-state index is 12.2. The van der Waals surface area contributed by atoms with Crippen LogP contribution in [0, 0.1) is 6.92 Å². The molecule has 2 aromatic carbocycles. The number of benzene rings is 2. The van der Waals surface area contributed by atoms with Crippen molar-refractivity contribution in [1.29, 1.82) is 0 Å². The van der Waals surface area contributed by atoms with Crippen LogP contribution in [0.4, 0.5) is 0 Å².